The van der Waals surface area contributed by atoms with Crippen molar-refractivity contribution in [3.8, 4) is 5.75 Å². The van der Waals surface area contributed by atoms with Crippen molar-refractivity contribution in [2.45, 2.75) is 45.6 Å². The van der Waals surface area contributed by atoms with Gasteiger partial charge >= 0.3 is 0 Å². The van der Waals surface area contributed by atoms with Gasteiger partial charge in [0, 0.05) is 19.6 Å². The number of carbonyl (C=O) groups is 1. The summed E-state index contributed by atoms with van der Waals surface area (Å²) in [6.07, 6.45) is 0.639. The first kappa shape index (κ1) is 18.8. The molecule has 0 saturated carbocycles. The Hall–Kier alpha value is -1.55. The normalized spacial score (nSPS) is 19.6. The highest BCUT2D eigenvalue weighted by Crippen LogP contribution is 2.25. The van der Waals surface area contributed by atoms with Crippen LogP contribution in [0.5, 0.6) is 5.75 Å². The molecule has 24 heavy (non-hydrogen) atoms. The number of benzene rings is 1. The van der Waals surface area contributed by atoms with Crippen LogP contribution in [0, 0.1) is 5.92 Å². The molecule has 1 saturated heterocycles. The zero-order valence-electron chi connectivity index (χ0n) is 16.0. The quantitative estimate of drug-likeness (QED) is 0.830. The first-order valence-corrected chi connectivity index (χ1v) is 8.87. The minimum Gasteiger partial charge on any atom is -0.481 e. The summed E-state index contributed by atoms with van der Waals surface area (Å²) in [5, 5.41) is 0. The second-order valence-electron chi connectivity index (χ2n) is 8.24. The van der Waals surface area contributed by atoms with E-state index in [9.17, 15) is 4.79 Å². The third-order valence-corrected chi connectivity index (χ3v) is 4.60. The maximum absolute atomic E-state index is 12.6. The molecule has 2 unspecified atom stereocenters. The fourth-order valence-electron chi connectivity index (χ4n) is 3.24. The van der Waals surface area contributed by atoms with E-state index in [-0.39, 0.29) is 11.3 Å². The predicted octanol–water partition coefficient (Wildman–Crippen LogP) is 3.16. The second-order valence-corrected chi connectivity index (χ2v) is 8.24. The van der Waals surface area contributed by atoms with Crippen molar-refractivity contribution in [1.82, 2.24) is 9.80 Å². The molecule has 0 aromatic heterocycles. The predicted molar refractivity (Wildman–Crippen MR) is 98.5 cm³/mol. The summed E-state index contributed by atoms with van der Waals surface area (Å²) in [7, 11) is 4.16. The van der Waals surface area contributed by atoms with Crippen LogP contribution in [0.3, 0.4) is 0 Å². The molecule has 0 bridgehead atoms. The summed E-state index contributed by atoms with van der Waals surface area (Å²) in [4.78, 5) is 16.7. The molecule has 4 nitrogen and oxygen atoms in total. The summed E-state index contributed by atoms with van der Waals surface area (Å²) >= 11 is 0. The van der Waals surface area contributed by atoms with Crippen molar-refractivity contribution in [2.24, 2.45) is 5.92 Å². The summed E-state index contributed by atoms with van der Waals surface area (Å²) in [6, 6.07) is 8.08. The second kappa shape index (κ2) is 7.56. The lowest BCUT2D eigenvalue weighted by Crippen LogP contribution is -2.39. The largest absolute Gasteiger partial charge is 0.481 e. The van der Waals surface area contributed by atoms with Crippen LogP contribution in [0.15, 0.2) is 24.3 Å². The van der Waals surface area contributed by atoms with E-state index in [4.69, 9.17) is 4.74 Å². The van der Waals surface area contributed by atoms with Crippen molar-refractivity contribution in [1.29, 1.82) is 0 Å². The molecule has 1 heterocycles. The number of carbonyl (C=O) groups excluding carboxylic acids is 1. The molecule has 0 radical (unpaired) electrons. The Morgan fingerprint density at radius 2 is 1.92 bits per heavy atom. The van der Waals surface area contributed by atoms with Crippen LogP contribution in [-0.2, 0) is 10.2 Å². The number of nitrogens with zero attached hydrogens (tertiary/aromatic N) is 2. The fraction of sp³-hybridized carbons (Fsp3) is 0.650. The Kier molecular flexibility index (Phi) is 5.92. The van der Waals surface area contributed by atoms with Crippen LogP contribution in [0.1, 0.15) is 39.7 Å². The standard InChI is InChI=1S/C20H32N2O2/c1-15(19(23)22-12-11-16(14-22)13-21(5)6)24-18-9-7-17(8-10-18)20(2,3)4/h7-10,15-16H,11-14H2,1-6H3. The topological polar surface area (TPSA) is 32.8 Å². The molecule has 4 heteroatoms. The lowest BCUT2D eigenvalue weighted by molar-refractivity contribution is -0.137. The number of likely N-dealkylation sites (tertiary alicyclic amines) is 1. The SMILES string of the molecule is CC(Oc1ccc(C(C)(C)C)cc1)C(=O)N1CCC(CN(C)C)C1. The molecular weight excluding hydrogens is 300 g/mol. The van der Waals surface area contributed by atoms with Crippen LogP contribution >= 0.6 is 0 Å². The van der Waals surface area contributed by atoms with Crippen molar-refractivity contribution in [2.75, 3.05) is 33.7 Å². The average molecular weight is 332 g/mol. The Balaban J connectivity index is 1.90. The van der Waals surface area contributed by atoms with Crippen LogP contribution in [0.4, 0.5) is 0 Å². The van der Waals surface area contributed by atoms with Gasteiger partial charge in [0.25, 0.3) is 5.91 Å². The number of amides is 1. The van der Waals surface area contributed by atoms with E-state index < -0.39 is 6.10 Å². The number of rotatable bonds is 5. The first-order valence-electron chi connectivity index (χ1n) is 8.87. The molecule has 0 aliphatic carbocycles. The molecule has 1 aliphatic rings. The lowest BCUT2D eigenvalue weighted by atomic mass is 9.87. The maximum atomic E-state index is 12.6. The molecular formula is C20H32N2O2. The highest BCUT2D eigenvalue weighted by atomic mass is 16.5. The van der Waals surface area contributed by atoms with Crippen LogP contribution in [0.25, 0.3) is 0 Å². The van der Waals surface area contributed by atoms with Gasteiger partial charge in [0.05, 0.1) is 0 Å². The van der Waals surface area contributed by atoms with Gasteiger partial charge < -0.3 is 14.5 Å². The summed E-state index contributed by atoms with van der Waals surface area (Å²) in [5.74, 6) is 1.42. The van der Waals surface area contributed by atoms with Crippen molar-refractivity contribution in [3.63, 3.8) is 0 Å². The number of hydrogen-bond acceptors (Lipinski definition) is 3. The molecule has 1 aromatic carbocycles. The highest BCUT2D eigenvalue weighted by Gasteiger charge is 2.30. The van der Waals surface area contributed by atoms with Crippen molar-refractivity contribution in [3.05, 3.63) is 29.8 Å². The summed E-state index contributed by atoms with van der Waals surface area (Å²) < 4.78 is 5.87. The van der Waals surface area contributed by atoms with E-state index in [0.29, 0.717) is 5.92 Å². The van der Waals surface area contributed by atoms with Gasteiger partial charge in [-0.05, 0) is 56.5 Å². The molecule has 0 spiro atoms. The molecule has 1 fully saturated rings. The molecule has 1 aromatic rings. The lowest BCUT2D eigenvalue weighted by Gasteiger charge is -2.23. The minimum atomic E-state index is -0.441. The molecule has 2 atom stereocenters. The van der Waals surface area contributed by atoms with Gasteiger partial charge in [0.1, 0.15) is 5.75 Å². The van der Waals surface area contributed by atoms with Crippen LogP contribution in [0.2, 0.25) is 0 Å². The van der Waals surface area contributed by atoms with Gasteiger partial charge in [-0.25, -0.2) is 0 Å². The van der Waals surface area contributed by atoms with E-state index in [0.717, 1.165) is 31.8 Å². The minimum absolute atomic E-state index is 0.0937. The monoisotopic (exact) mass is 332 g/mol. The van der Waals surface area contributed by atoms with Crippen LogP contribution < -0.4 is 4.74 Å². The molecule has 134 valence electrons. The zero-order chi connectivity index (χ0) is 17.9. The van der Waals surface area contributed by atoms with Gasteiger partial charge in [-0.2, -0.15) is 0 Å². The smallest absolute Gasteiger partial charge is 0.263 e. The third-order valence-electron chi connectivity index (χ3n) is 4.60. The first-order chi connectivity index (χ1) is 11.2. The Bertz CT molecular complexity index is 546. The van der Waals surface area contributed by atoms with Gasteiger partial charge in [-0.15, -0.1) is 0 Å². The molecule has 2 rings (SSSR count). The van der Waals surface area contributed by atoms with Crippen molar-refractivity contribution >= 4 is 5.91 Å². The van der Waals surface area contributed by atoms with E-state index in [1.54, 1.807) is 0 Å². The number of ether oxygens (including phenoxy) is 1. The number of hydrogen-bond donors (Lipinski definition) is 0. The fourth-order valence-corrected chi connectivity index (χ4v) is 3.24. The molecule has 1 amide bonds. The average Bonchev–Trinajstić information content (AvgIpc) is 2.93. The Labute approximate surface area is 146 Å². The van der Waals surface area contributed by atoms with Gasteiger partial charge in [0.15, 0.2) is 6.10 Å². The van der Waals surface area contributed by atoms with Gasteiger partial charge in [0.2, 0.25) is 0 Å². The third kappa shape index (κ3) is 4.97. The van der Waals surface area contributed by atoms with E-state index in [2.05, 4.69) is 51.9 Å². The van der Waals surface area contributed by atoms with E-state index in [1.165, 1.54) is 5.56 Å². The summed E-state index contributed by atoms with van der Waals surface area (Å²) in [5.41, 5.74) is 1.39. The Morgan fingerprint density at radius 1 is 1.29 bits per heavy atom. The maximum Gasteiger partial charge on any atom is 0.263 e. The molecule has 0 N–H and O–H groups in total. The van der Waals surface area contributed by atoms with E-state index in [1.807, 2.05) is 24.0 Å². The molecule has 1 aliphatic heterocycles. The van der Waals surface area contributed by atoms with Crippen LogP contribution in [-0.4, -0.2) is 55.5 Å². The van der Waals surface area contributed by atoms with E-state index >= 15 is 0 Å². The van der Waals surface area contributed by atoms with Crippen molar-refractivity contribution < 1.29 is 9.53 Å². The Morgan fingerprint density at radius 3 is 2.46 bits per heavy atom. The zero-order valence-corrected chi connectivity index (χ0v) is 16.0. The summed E-state index contributed by atoms with van der Waals surface area (Å²) in [6.45, 7) is 11.1. The highest BCUT2D eigenvalue weighted by molar-refractivity contribution is 5.81. The van der Waals surface area contributed by atoms with Gasteiger partial charge in [-0.1, -0.05) is 32.9 Å². The van der Waals surface area contributed by atoms with Gasteiger partial charge in [-0.3, -0.25) is 4.79 Å².